The number of hydrogen-bond donors (Lipinski definition) is 3. The zero-order valence-electron chi connectivity index (χ0n) is 22.1. The zero-order chi connectivity index (χ0) is 26.9. The van der Waals surface area contributed by atoms with Crippen LogP contribution < -0.4 is 5.32 Å². The van der Waals surface area contributed by atoms with Gasteiger partial charge in [-0.3, -0.25) is 10.1 Å². The van der Waals surface area contributed by atoms with Crippen molar-refractivity contribution in [2.75, 3.05) is 5.32 Å². The molecule has 39 heavy (non-hydrogen) atoms. The standard InChI is InChI=1S/C32H30N6S/c1-5-6-8-20(4)34-22-15-21(17-33-18-22)25-11-12-27-31(36-25)32(38-37-27)28-16-24-23(9-7-10-26(24)35-28)30-14-13-29(39-30)19(2)3/h7,9-18,34-35H,2,4-6,8H2,1,3H3,(H,37,38). The fraction of sp³-hybridized carbons (Fsp3) is 0.156. The fourth-order valence-corrected chi connectivity index (χ4v) is 5.73. The minimum atomic E-state index is 0.790. The Hall–Kier alpha value is -4.49. The van der Waals surface area contributed by atoms with E-state index in [1.165, 1.54) is 15.3 Å². The number of aromatic amines is 2. The molecule has 194 valence electrons. The molecule has 0 aliphatic rings. The summed E-state index contributed by atoms with van der Waals surface area (Å²) in [5, 5.41) is 12.3. The van der Waals surface area contributed by atoms with E-state index < -0.39 is 0 Å². The van der Waals surface area contributed by atoms with Gasteiger partial charge < -0.3 is 10.3 Å². The zero-order valence-corrected chi connectivity index (χ0v) is 23.0. The van der Waals surface area contributed by atoms with Gasteiger partial charge in [0.25, 0.3) is 0 Å². The van der Waals surface area contributed by atoms with E-state index in [1.807, 2.05) is 31.5 Å². The molecule has 6 rings (SSSR count). The topological polar surface area (TPSA) is 82.3 Å². The van der Waals surface area contributed by atoms with Gasteiger partial charge in [-0.2, -0.15) is 5.10 Å². The molecule has 0 atom stereocenters. The first kappa shape index (κ1) is 24.8. The van der Waals surface area contributed by atoms with Crippen molar-refractivity contribution in [1.82, 2.24) is 25.1 Å². The van der Waals surface area contributed by atoms with E-state index in [0.29, 0.717) is 0 Å². The Morgan fingerprint density at radius 2 is 1.92 bits per heavy atom. The molecule has 0 amide bonds. The third kappa shape index (κ3) is 4.89. The molecule has 0 fully saturated rings. The van der Waals surface area contributed by atoms with E-state index in [4.69, 9.17) is 4.98 Å². The number of nitrogens with zero attached hydrogens (tertiary/aromatic N) is 3. The maximum absolute atomic E-state index is 5.01. The van der Waals surface area contributed by atoms with Crippen LogP contribution in [0.15, 0.2) is 85.8 Å². The van der Waals surface area contributed by atoms with Crippen LogP contribution in [0.25, 0.3) is 60.6 Å². The van der Waals surface area contributed by atoms with Gasteiger partial charge in [-0.25, -0.2) is 4.98 Å². The quantitative estimate of drug-likeness (QED) is 0.174. The summed E-state index contributed by atoms with van der Waals surface area (Å²) in [6, 6.07) is 18.9. The highest BCUT2D eigenvalue weighted by atomic mass is 32.1. The Labute approximate surface area is 231 Å². The van der Waals surface area contributed by atoms with Gasteiger partial charge in [0.05, 0.1) is 28.8 Å². The molecule has 7 heteroatoms. The van der Waals surface area contributed by atoms with Gasteiger partial charge in [0.15, 0.2) is 0 Å². The van der Waals surface area contributed by atoms with E-state index in [-0.39, 0.29) is 0 Å². The SMILES string of the molecule is C=C(CCCC)Nc1cncc(-c2ccc3[nH]nc(-c4cc5c(-c6ccc(C(=C)C)s6)cccc5[nH]4)c3n2)c1. The lowest BCUT2D eigenvalue weighted by atomic mass is 10.1. The molecule has 3 N–H and O–H groups in total. The summed E-state index contributed by atoms with van der Waals surface area (Å²) in [5.74, 6) is 0. The first-order valence-electron chi connectivity index (χ1n) is 13.1. The number of rotatable bonds is 9. The summed E-state index contributed by atoms with van der Waals surface area (Å²) < 4.78 is 0. The molecule has 0 unspecified atom stereocenters. The highest BCUT2D eigenvalue weighted by molar-refractivity contribution is 7.16. The predicted octanol–water partition coefficient (Wildman–Crippen LogP) is 9.05. The molecule has 0 radical (unpaired) electrons. The lowest BCUT2D eigenvalue weighted by molar-refractivity contribution is 0.791. The van der Waals surface area contributed by atoms with Gasteiger partial charge in [-0.05, 0) is 67.8 Å². The molecule has 5 heterocycles. The highest BCUT2D eigenvalue weighted by Crippen LogP contribution is 2.38. The van der Waals surface area contributed by atoms with Crippen molar-refractivity contribution in [2.24, 2.45) is 0 Å². The predicted molar refractivity (Wildman–Crippen MR) is 165 cm³/mol. The third-order valence-corrected chi connectivity index (χ3v) is 8.09. The summed E-state index contributed by atoms with van der Waals surface area (Å²) >= 11 is 1.76. The fourth-order valence-electron chi connectivity index (χ4n) is 4.76. The van der Waals surface area contributed by atoms with Crippen molar-refractivity contribution in [3.63, 3.8) is 0 Å². The van der Waals surface area contributed by atoms with Gasteiger partial charge in [0.1, 0.15) is 11.2 Å². The van der Waals surface area contributed by atoms with Crippen molar-refractivity contribution in [3.8, 4) is 33.1 Å². The summed E-state index contributed by atoms with van der Waals surface area (Å²) in [6.07, 6.45) is 6.84. The Balaban J connectivity index is 1.36. The molecule has 6 aromatic rings. The third-order valence-electron chi connectivity index (χ3n) is 6.81. The number of allylic oxidation sites excluding steroid dienone is 2. The van der Waals surface area contributed by atoms with E-state index in [1.54, 1.807) is 11.3 Å². The van der Waals surface area contributed by atoms with Crippen LogP contribution in [0.1, 0.15) is 38.0 Å². The maximum Gasteiger partial charge on any atom is 0.135 e. The van der Waals surface area contributed by atoms with Crippen LogP contribution in [0, 0.1) is 0 Å². The van der Waals surface area contributed by atoms with Crippen LogP contribution in [0.3, 0.4) is 0 Å². The first-order chi connectivity index (χ1) is 19.0. The van der Waals surface area contributed by atoms with E-state index in [0.717, 1.165) is 80.8 Å². The summed E-state index contributed by atoms with van der Waals surface area (Å²) in [7, 11) is 0. The van der Waals surface area contributed by atoms with Gasteiger partial charge in [0.2, 0.25) is 0 Å². The number of anilines is 1. The van der Waals surface area contributed by atoms with Crippen LogP contribution >= 0.6 is 11.3 Å². The number of fused-ring (bicyclic) bond motifs is 2. The number of thiophene rings is 1. The lowest BCUT2D eigenvalue weighted by Crippen LogP contribution is -1.99. The Kier molecular flexibility index (Phi) is 6.59. The Bertz CT molecular complexity index is 1840. The molecular formula is C32H30N6S. The minimum absolute atomic E-state index is 0.790. The lowest BCUT2D eigenvalue weighted by Gasteiger charge is -2.10. The highest BCUT2D eigenvalue weighted by Gasteiger charge is 2.16. The molecule has 0 aliphatic carbocycles. The second kappa shape index (κ2) is 10.3. The van der Waals surface area contributed by atoms with E-state index in [9.17, 15) is 0 Å². The normalized spacial score (nSPS) is 11.3. The van der Waals surface area contributed by atoms with Crippen LogP contribution in [-0.4, -0.2) is 25.1 Å². The van der Waals surface area contributed by atoms with Crippen LogP contribution in [0.5, 0.6) is 0 Å². The van der Waals surface area contributed by atoms with Gasteiger partial charge in [0, 0.05) is 43.7 Å². The van der Waals surface area contributed by atoms with Crippen molar-refractivity contribution in [2.45, 2.75) is 33.1 Å². The number of unbranched alkanes of at least 4 members (excludes halogenated alkanes) is 1. The maximum atomic E-state index is 5.01. The molecule has 5 aromatic heterocycles. The monoisotopic (exact) mass is 530 g/mol. The summed E-state index contributed by atoms with van der Waals surface area (Å²) in [4.78, 5) is 15.4. The van der Waals surface area contributed by atoms with Crippen LogP contribution in [-0.2, 0) is 0 Å². The molecule has 1 aromatic carbocycles. The van der Waals surface area contributed by atoms with E-state index >= 15 is 0 Å². The number of benzene rings is 1. The number of H-pyrrole nitrogens is 2. The Morgan fingerprint density at radius 3 is 2.74 bits per heavy atom. The number of nitrogens with one attached hydrogen (secondary N) is 3. The second-order valence-electron chi connectivity index (χ2n) is 9.85. The summed E-state index contributed by atoms with van der Waals surface area (Å²) in [6.45, 7) is 12.5. The molecular weight excluding hydrogens is 500 g/mol. The molecule has 0 saturated carbocycles. The van der Waals surface area contributed by atoms with Crippen molar-refractivity contribution >= 4 is 44.5 Å². The first-order valence-corrected chi connectivity index (χ1v) is 14.0. The summed E-state index contributed by atoms with van der Waals surface area (Å²) in [5.41, 5.74) is 10.4. The number of pyridine rings is 2. The van der Waals surface area contributed by atoms with Gasteiger partial charge in [-0.1, -0.05) is 38.6 Å². The van der Waals surface area contributed by atoms with Crippen LogP contribution in [0.2, 0.25) is 0 Å². The molecule has 0 saturated heterocycles. The number of hydrogen-bond acceptors (Lipinski definition) is 5. The largest absolute Gasteiger partial charge is 0.358 e. The smallest absolute Gasteiger partial charge is 0.135 e. The van der Waals surface area contributed by atoms with Crippen molar-refractivity contribution < 1.29 is 0 Å². The average molecular weight is 531 g/mol. The van der Waals surface area contributed by atoms with Crippen molar-refractivity contribution in [1.29, 1.82) is 0 Å². The minimum Gasteiger partial charge on any atom is -0.358 e. The Morgan fingerprint density at radius 1 is 1.03 bits per heavy atom. The van der Waals surface area contributed by atoms with Gasteiger partial charge in [-0.15, -0.1) is 11.3 Å². The number of aromatic nitrogens is 5. The van der Waals surface area contributed by atoms with Crippen LogP contribution in [0.4, 0.5) is 5.69 Å². The molecule has 6 nitrogen and oxygen atoms in total. The second-order valence-corrected chi connectivity index (χ2v) is 10.9. The van der Waals surface area contributed by atoms with E-state index in [2.05, 4.69) is 88.0 Å². The molecule has 0 aliphatic heterocycles. The van der Waals surface area contributed by atoms with Gasteiger partial charge >= 0.3 is 0 Å². The van der Waals surface area contributed by atoms with Crippen molar-refractivity contribution in [3.05, 3.63) is 90.7 Å². The average Bonchev–Trinajstić information content (AvgIpc) is 3.69. The molecule has 0 spiro atoms. The molecule has 0 bridgehead atoms.